The summed E-state index contributed by atoms with van der Waals surface area (Å²) in [6.45, 7) is 1.53. The van der Waals surface area contributed by atoms with E-state index in [1.54, 1.807) is 0 Å². The highest BCUT2D eigenvalue weighted by atomic mass is 16.5. The lowest BCUT2D eigenvalue weighted by Crippen LogP contribution is -2.56. The van der Waals surface area contributed by atoms with Crippen LogP contribution in [-0.4, -0.2) is 67.4 Å². The normalized spacial score (nSPS) is 19.8. The molecular formula is C16H22N2O5. The van der Waals surface area contributed by atoms with E-state index in [-0.39, 0.29) is 12.5 Å². The fraction of sp³-hybridized carbons (Fsp3) is 0.500. The molecule has 7 heteroatoms. The quantitative estimate of drug-likeness (QED) is 0.689. The Balaban J connectivity index is 2.02. The first-order valence-electron chi connectivity index (χ1n) is 7.50. The molecule has 1 aliphatic rings. The van der Waals surface area contributed by atoms with E-state index in [1.807, 2.05) is 35.2 Å². The highest BCUT2D eigenvalue weighted by Crippen LogP contribution is 2.13. The Hall–Kier alpha value is -1.96. The van der Waals surface area contributed by atoms with Gasteiger partial charge in [-0.25, -0.2) is 4.79 Å². The molecule has 126 valence electrons. The van der Waals surface area contributed by atoms with Crippen molar-refractivity contribution in [2.45, 2.75) is 18.6 Å². The Labute approximate surface area is 135 Å². The van der Waals surface area contributed by atoms with Crippen molar-refractivity contribution in [2.24, 2.45) is 0 Å². The summed E-state index contributed by atoms with van der Waals surface area (Å²) in [5.74, 6) is -1.03. The predicted octanol–water partition coefficient (Wildman–Crippen LogP) is -0.462. The molecule has 0 aromatic heterocycles. The molecule has 0 aliphatic carbocycles. The van der Waals surface area contributed by atoms with Gasteiger partial charge in [0.05, 0.1) is 26.9 Å². The Kier molecular flexibility index (Phi) is 6.52. The Morgan fingerprint density at radius 3 is 2.83 bits per heavy atom. The highest BCUT2D eigenvalue weighted by Gasteiger charge is 2.32. The fourth-order valence-electron chi connectivity index (χ4n) is 2.48. The van der Waals surface area contributed by atoms with E-state index in [2.05, 4.69) is 10.1 Å². The number of esters is 1. The standard InChI is InChI=1S/C16H22N2O5/c1-22-16(21)13(10-19)17-15(20)14-11-23-8-7-18(14)9-12-5-3-2-4-6-12/h2-6,13-14,19H,7-11H2,1H3,(H,17,20)/t13-,14-/m1/s1. The number of ether oxygens (including phenoxy) is 2. The number of aliphatic hydroxyl groups is 1. The molecule has 7 nitrogen and oxygen atoms in total. The maximum Gasteiger partial charge on any atom is 0.330 e. The number of morpholine rings is 1. The van der Waals surface area contributed by atoms with Crippen LogP contribution in [-0.2, 0) is 25.6 Å². The molecule has 1 amide bonds. The third-order valence-corrected chi connectivity index (χ3v) is 3.76. The maximum atomic E-state index is 12.4. The third kappa shape index (κ3) is 4.75. The predicted molar refractivity (Wildman–Crippen MR) is 82.5 cm³/mol. The molecular weight excluding hydrogens is 300 g/mol. The number of nitrogens with zero attached hydrogens (tertiary/aromatic N) is 1. The first-order chi connectivity index (χ1) is 11.2. The van der Waals surface area contributed by atoms with Gasteiger partial charge in [-0.2, -0.15) is 0 Å². The van der Waals surface area contributed by atoms with Crippen molar-refractivity contribution in [3.05, 3.63) is 35.9 Å². The Morgan fingerprint density at radius 1 is 1.43 bits per heavy atom. The number of carbonyl (C=O) groups is 2. The maximum absolute atomic E-state index is 12.4. The summed E-state index contributed by atoms with van der Waals surface area (Å²) in [4.78, 5) is 25.9. The van der Waals surface area contributed by atoms with Gasteiger partial charge in [0.1, 0.15) is 6.04 Å². The summed E-state index contributed by atoms with van der Waals surface area (Å²) >= 11 is 0. The number of carbonyl (C=O) groups excluding carboxylic acids is 2. The second-order valence-corrected chi connectivity index (χ2v) is 5.31. The van der Waals surface area contributed by atoms with Crippen molar-refractivity contribution in [1.82, 2.24) is 10.2 Å². The monoisotopic (exact) mass is 322 g/mol. The SMILES string of the molecule is COC(=O)[C@@H](CO)NC(=O)[C@H]1COCCN1Cc1ccccc1. The molecule has 1 fully saturated rings. The minimum absolute atomic E-state index is 0.248. The van der Waals surface area contributed by atoms with Crippen LogP contribution in [0.1, 0.15) is 5.56 Å². The van der Waals surface area contributed by atoms with Crippen molar-refractivity contribution in [1.29, 1.82) is 0 Å². The second kappa shape index (κ2) is 8.61. The van der Waals surface area contributed by atoms with Gasteiger partial charge < -0.3 is 19.9 Å². The lowest BCUT2D eigenvalue weighted by atomic mass is 10.1. The van der Waals surface area contributed by atoms with E-state index in [4.69, 9.17) is 4.74 Å². The lowest BCUT2D eigenvalue weighted by Gasteiger charge is -2.35. The van der Waals surface area contributed by atoms with Crippen molar-refractivity contribution in [2.75, 3.05) is 33.5 Å². The van der Waals surface area contributed by atoms with E-state index >= 15 is 0 Å². The summed E-state index contributed by atoms with van der Waals surface area (Å²) in [6.07, 6.45) is 0. The number of hydrogen-bond acceptors (Lipinski definition) is 6. The number of nitrogens with one attached hydrogen (secondary N) is 1. The van der Waals surface area contributed by atoms with Gasteiger partial charge in [-0.3, -0.25) is 9.69 Å². The van der Waals surface area contributed by atoms with Crippen LogP contribution in [0.4, 0.5) is 0 Å². The van der Waals surface area contributed by atoms with Crippen LogP contribution in [0.3, 0.4) is 0 Å². The van der Waals surface area contributed by atoms with Crippen molar-refractivity contribution < 1.29 is 24.2 Å². The molecule has 2 rings (SSSR count). The van der Waals surface area contributed by atoms with E-state index in [1.165, 1.54) is 7.11 Å². The number of rotatable bonds is 6. The van der Waals surface area contributed by atoms with Crippen LogP contribution in [0.25, 0.3) is 0 Å². The zero-order valence-corrected chi connectivity index (χ0v) is 13.1. The molecule has 1 aromatic rings. The van der Waals surface area contributed by atoms with Gasteiger partial charge in [-0.15, -0.1) is 0 Å². The summed E-state index contributed by atoms with van der Waals surface area (Å²) in [7, 11) is 1.21. The molecule has 23 heavy (non-hydrogen) atoms. The average Bonchev–Trinajstić information content (AvgIpc) is 2.60. The van der Waals surface area contributed by atoms with Gasteiger partial charge >= 0.3 is 5.97 Å². The van der Waals surface area contributed by atoms with E-state index in [0.717, 1.165) is 5.56 Å². The van der Waals surface area contributed by atoms with E-state index < -0.39 is 24.7 Å². The Bertz CT molecular complexity index is 522. The molecule has 1 saturated heterocycles. The lowest BCUT2D eigenvalue weighted by molar-refractivity contribution is -0.148. The van der Waals surface area contributed by atoms with Gasteiger partial charge in [0.2, 0.25) is 5.91 Å². The zero-order chi connectivity index (χ0) is 16.7. The van der Waals surface area contributed by atoms with Gasteiger partial charge in [0.25, 0.3) is 0 Å². The van der Waals surface area contributed by atoms with Crippen molar-refractivity contribution in [3.63, 3.8) is 0 Å². The smallest absolute Gasteiger partial charge is 0.330 e. The molecule has 1 aromatic carbocycles. The van der Waals surface area contributed by atoms with Crippen molar-refractivity contribution >= 4 is 11.9 Å². The van der Waals surface area contributed by atoms with Gasteiger partial charge in [-0.05, 0) is 5.56 Å². The molecule has 1 aliphatic heterocycles. The number of methoxy groups -OCH3 is 1. The molecule has 0 unspecified atom stereocenters. The minimum Gasteiger partial charge on any atom is -0.467 e. The molecule has 1 heterocycles. The van der Waals surface area contributed by atoms with Crippen LogP contribution < -0.4 is 5.32 Å². The minimum atomic E-state index is -1.06. The highest BCUT2D eigenvalue weighted by molar-refractivity contribution is 5.87. The van der Waals surface area contributed by atoms with Crippen LogP contribution in [0.2, 0.25) is 0 Å². The van der Waals surface area contributed by atoms with Gasteiger partial charge in [-0.1, -0.05) is 30.3 Å². The topological polar surface area (TPSA) is 88.1 Å². The zero-order valence-electron chi connectivity index (χ0n) is 13.1. The van der Waals surface area contributed by atoms with Gasteiger partial charge in [0, 0.05) is 13.1 Å². The summed E-state index contributed by atoms with van der Waals surface area (Å²) in [5, 5.41) is 11.7. The van der Waals surface area contributed by atoms with Gasteiger partial charge in [0.15, 0.2) is 6.04 Å². The largest absolute Gasteiger partial charge is 0.467 e. The van der Waals surface area contributed by atoms with Crippen LogP contribution in [0.15, 0.2) is 30.3 Å². The number of benzene rings is 1. The number of hydrogen-bond donors (Lipinski definition) is 2. The van der Waals surface area contributed by atoms with Crippen LogP contribution >= 0.6 is 0 Å². The Morgan fingerprint density at radius 2 is 2.17 bits per heavy atom. The van der Waals surface area contributed by atoms with E-state index in [9.17, 15) is 14.7 Å². The molecule has 0 saturated carbocycles. The first kappa shape index (κ1) is 17.4. The van der Waals surface area contributed by atoms with Crippen molar-refractivity contribution in [3.8, 4) is 0 Å². The molecule has 2 N–H and O–H groups in total. The second-order valence-electron chi connectivity index (χ2n) is 5.31. The van der Waals surface area contributed by atoms with Crippen LogP contribution in [0, 0.1) is 0 Å². The summed E-state index contributed by atoms with van der Waals surface area (Å²) in [6, 6.07) is 8.25. The number of aliphatic hydroxyl groups excluding tert-OH is 1. The molecule has 0 radical (unpaired) electrons. The molecule has 0 bridgehead atoms. The summed E-state index contributed by atoms with van der Waals surface area (Å²) < 4.78 is 9.95. The molecule has 0 spiro atoms. The number of amides is 1. The van der Waals surface area contributed by atoms with E-state index in [0.29, 0.717) is 19.7 Å². The molecule has 2 atom stereocenters. The summed E-state index contributed by atoms with van der Waals surface area (Å²) in [5.41, 5.74) is 1.10. The third-order valence-electron chi connectivity index (χ3n) is 3.76. The average molecular weight is 322 g/mol. The van der Waals surface area contributed by atoms with Crippen LogP contribution in [0.5, 0.6) is 0 Å². The first-order valence-corrected chi connectivity index (χ1v) is 7.50. The fourth-order valence-corrected chi connectivity index (χ4v) is 2.48.